The molecule has 2 N–H and O–H groups in total. The van der Waals surface area contributed by atoms with Crippen LogP contribution in [0, 0.1) is 11.6 Å². The van der Waals surface area contributed by atoms with Gasteiger partial charge < -0.3 is 14.5 Å². The van der Waals surface area contributed by atoms with E-state index in [2.05, 4.69) is 20.9 Å². The van der Waals surface area contributed by atoms with Gasteiger partial charge in [-0.25, -0.2) is 22.4 Å². The highest BCUT2D eigenvalue weighted by atomic mass is 79.9. The van der Waals surface area contributed by atoms with Gasteiger partial charge in [0.1, 0.15) is 11.6 Å². The summed E-state index contributed by atoms with van der Waals surface area (Å²) in [6.07, 6.45) is 0.295. The largest absolute Gasteiger partial charge is 0.478 e. The number of benzene rings is 4. The second-order valence-electron chi connectivity index (χ2n) is 13.8. The molecule has 2 heterocycles. The minimum absolute atomic E-state index is 0.0283. The Morgan fingerprint density at radius 1 is 0.959 bits per heavy atom. The summed E-state index contributed by atoms with van der Waals surface area (Å²) in [6.45, 7) is 6.02. The zero-order chi connectivity index (χ0) is 35.3. The molecule has 2 atom stereocenters. The lowest BCUT2D eigenvalue weighted by Gasteiger charge is -2.45. The number of aromatic amines is 1. The van der Waals surface area contributed by atoms with Crippen LogP contribution in [0.2, 0.25) is 5.04 Å². The van der Waals surface area contributed by atoms with Crippen molar-refractivity contribution < 1.29 is 31.9 Å². The van der Waals surface area contributed by atoms with Crippen molar-refractivity contribution in [2.24, 2.45) is 0 Å². The Bertz CT molecular complexity index is 1940. The third-order valence-electron chi connectivity index (χ3n) is 9.50. The number of alkyl halides is 2. The average molecular weight is 754 g/mol. The lowest BCUT2D eigenvalue weighted by atomic mass is 9.87. The van der Waals surface area contributed by atoms with E-state index in [4.69, 9.17) is 4.43 Å². The third kappa shape index (κ3) is 6.49. The average Bonchev–Trinajstić information content (AvgIpc) is 3.39. The van der Waals surface area contributed by atoms with Crippen LogP contribution in [0.3, 0.4) is 0 Å². The van der Waals surface area contributed by atoms with Crippen molar-refractivity contribution >= 4 is 51.5 Å². The summed E-state index contributed by atoms with van der Waals surface area (Å²) in [5.74, 6) is -6.36. The van der Waals surface area contributed by atoms with Crippen LogP contribution in [0.25, 0.3) is 10.9 Å². The number of H-pyrrole nitrogens is 1. The Kier molecular flexibility index (Phi) is 9.42. The SMILES string of the molecule is C[C@@H]1Cc2c([nH]c3cc(C(=O)O)ccc23)[C@@H](c2c(F)cc(Br)cc2F)N1CC(F)(F)CO[Si](c1ccccc1)(c1ccccc1)C(C)(C)C. The highest BCUT2D eigenvalue weighted by Crippen LogP contribution is 2.44. The molecule has 256 valence electrons. The predicted octanol–water partition coefficient (Wildman–Crippen LogP) is 8.45. The number of nitrogens with zero attached hydrogens (tertiary/aromatic N) is 1. The van der Waals surface area contributed by atoms with Gasteiger partial charge in [-0.1, -0.05) is 103 Å². The Hall–Kier alpha value is -3.77. The second kappa shape index (κ2) is 13.2. The van der Waals surface area contributed by atoms with Crippen LogP contribution in [-0.4, -0.2) is 54.4 Å². The summed E-state index contributed by atoms with van der Waals surface area (Å²) in [5.41, 5.74) is 1.16. The highest BCUT2D eigenvalue weighted by Gasteiger charge is 2.52. The molecule has 0 bridgehead atoms. The number of hydrogen-bond acceptors (Lipinski definition) is 3. The first kappa shape index (κ1) is 35.1. The smallest absolute Gasteiger partial charge is 0.335 e. The Morgan fingerprint density at radius 3 is 2.06 bits per heavy atom. The van der Waals surface area contributed by atoms with Crippen LogP contribution < -0.4 is 10.4 Å². The zero-order valence-electron chi connectivity index (χ0n) is 27.5. The van der Waals surface area contributed by atoms with Crippen molar-refractivity contribution in [1.29, 1.82) is 0 Å². The van der Waals surface area contributed by atoms with Crippen LogP contribution in [0.4, 0.5) is 17.6 Å². The van der Waals surface area contributed by atoms with Gasteiger partial charge in [-0.05, 0) is 58.6 Å². The van der Waals surface area contributed by atoms with Gasteiger partial charge in [-0.3, -0.25) is 4.90 Å². The normalized spacial score (nSPS) is 17.3. The minimum Gasteiger partial charge on any atom is -0.478 e. The quantitative estimate of drug-likeness (QED) is 0.117. The molecule has 1 aliphatic rings. The summed E-state index contributed by atoms with van der Waals surface area (Å²) in [6, 6.07) is 24.0. The van der Waals surface area contributed by atoms with Gasteiger partial charge in [0.25, 0.3) is 14.2 Å². The number of carboxylic acid groups (broad SMARTS) is 1. The topological polar surface area (TPSA) is 65.6 Å². The van der Waals surface area contributed by atoms with E-state index in [1.54, 1.807) is 13.0 Å². The summed E-state index contributed by atoms with van der Waals surface area (Å²) in [4.78, 5) is 16.3. The first-order valence-corrected chi connectivity index (χ1v) is 18.7. The number of carboxylic acids is 1. The van der Waals surface area contributed by atoms with Crippen molar-refractivity contribution in [2.75, 3.05) is 13.2 Å². The second-order valence-corrected chi connectivity index (χ2v) is 19.0. The predicted molar refractivity (Wildman–Crippen MR) is 190 cm³/mol. The molecule has 49 heavy (non-hydrogen) atoms. The van der Waals surface area contributed by atoms with E-state index in [0.29, 0.717) is 28.6 Å². The molecule has 0 saturated carbocycles. The Labute approximate surface area is 292 Å². The molecular formula is C38H37BrF4N2O3Si. The molecule has 0 amide bonds. The molecule has 0 aliphatic carbocycles. The van der Waals surface area contributed by atoms with E-state index in [1.807, 2.05) is 81.4 Å². The third-order valence-corrected chi connectivity index (χ3v) is 14.9. The molecular weight excluding hydrogens is 716 g/mol. The lowest BCUT2D eigenvalue weighted by molar-refractivity contribution is -0.0825. The number of fused-ring (bicyclic) bond motifs is 3. The molecule has 0 fully saturated rings. The van der Waals surface area contributed by atoms with Crippen molar-refractivity contribution in [1.82, 2.24) is 9.88 Å². The molecule has 1 aliphatic heterocycles. The van der Waals surface area contributed by atoms with Gasteiger partial charge in [0, 0.05) is 32.7 Å². The van der Waals surface area contributed by atoms with E-state index in [0.717, 1.165) is 22.5 Å². The number of hydrogen-bond donors (Lipinski definition) is 2. The molecule has 11 heteroatoms. The summed E-state index contributed by atoms with van der Waals surface area (Å²) < 4.78 is 71.5. The van der Waals surface area contributed by atoms with Crippen LogP contribution in [0.15, 0.2) is 95.5 Å². The number of carbonyl (C=O) groups is 1. The van der Waals surface area contributed by atoms with Crippen LogP contribution >= 0.6 is 15.9 Å². The van der Waals surface area contributed by atoms with Crippen LogP contribution in [0.5, 0.6) is 0 Å². The lowest BCUT2D eigenvalue weighted by Crippen LogP contribution is -2.67. The fourth-order valence-electron chi connectivity index (χ4n) is 7.36. The summed E-state index contributed by atoms with van der Waals surface area (Å²) in [7, 11) is -3.32. The maximum absolute atomic E-state index is 16.6. The number of halogens is 5. The monoisotopic (exact) mass is 752 g/mol. The number of rotatable bonds is 9. The van der Waals surface area contributed by atoms with E-state index in [9.17, 15) is 9.90 Å². The van der Waals surface area contributed by atoms with Crippen molar-refractivity contribution in [3.8, 4) is 0 Å². The van der Waals surface area contributed by atoms with Crippen molar-refractivity contribution in [3.05, 3.63) is 129 Å². The van der Waals surface area contributed by atoms with E-state index in [-0.39, 0.29) is 15.6 Å². The molecule has 0 unspecified atom stereocenters. The standard InChI is InChI=1S/C38H37BrF4N2O3Si/c1-23-17-29-28-16-15-24(36(46)47)18-32(28)44-34(29)35(33-30(40)19-25(39)20-31(33)41)45(23)21-38(42,43)22-48-49(37(2,3)4,26-11-7-5-8-12-26)27-13-9-6-10-14-27/h5-16,18-20,23,35,44H,17,21-22H2,1-4H3,(H,46,47)/t23-,35-/m1/s1. The minimum atomic E-state index is -3.44. The maximum Gasteiger partial charge on any atom is 0.335 e. The highest BCUT2D eigenvalue weighted by molar-refractivity contribution is 9.10. The molecule has 0 saturated heterocycles. The van der Waals surface area contributed by atoms with Crippen molar-refractivity contribution in [2.45, 2.75) is 57.2 Å². The van der Waals surface area contributed by atoms with Crippen LogP contribution in [0.1, 0.15) is 60.9 Å². The van der Waals surface area contributed by atoms with E-state index >= 15 is 17.6 Å². The summed E-state index contributed by atoms with van der Waals surface area (Å²) >= 11 is 3.13. The van der Waals surface area contributed by atoms with Gasteiger partial charge in [0.2, 0.25) is 0 Å². The van der Waals surface area contributed by atoms with E-state index in [1.165, 1.54) is 17.0 Å². The van der Waals surface area contributed by atoms with Gasteiger partial charge in [0.15, 0.2) is 0 Å². The summed E-state index contributed by atoms with van der Waals surface area (Å²) in [5, 5.41) is 11.4. The molecule has 0 spiro atoms. The number of nitrogens with one attached hydrogen (secondary N) is 1. The van der Waals surface area contributed by atoms with E-state index < -0.39 is 62.1 Å². The van der Waals surface area contributed by atoms with Gasteiger partial charge in [-0.2, -0.15) is 0 Å². The van der Waals surface area contributed by atoms with Gasteiger partial charge in [-0.15, -0.1) is 0 Å². The first-order chi connectivity index (χ1) is 23.1. The fourth-order valence-corrected chi connectivity index (χ4v) is 12.3. The van der Waals surface area contributed by atoms with Gasteiger partial charge in [0.05, 0.1) is 24.8 Å². The molecule has 5 aromatic rings. The number of aromatic carboxylic acids is 1. The molecule has 5 nitrogen and oxygen atoms in total. The maximum atomic E-state index is 16.6. The zero-order valence-corrected chi connectivity index (χ0v) is 30.1. The van der Waals surface area contributed by atoms with Gasteiger partial charge >= 0.3 is 5.97 Å². The van der Waals surface area contributed by atoms with Crippen LogP contribution in [-0.2, 0) is 10.8 Å². The molecule has 6 rings (SSSR count). The molecule has 4 aromatic carbocycles. The van der Waals surface area contributed by atoms with Crippen molar-refractivity contribution in [3.63, 3.8) is 0 Å². The fraction of sp³-hybridized carbons (Fsp3) is 0.289. The number of aromatic nitrogens is 1. The Morgan fingerprint density at radius 2 is 1.53 bits per heavy atom. The first-order valence-electron chi connectivity index (χ1n) is 16.0. The molecule has 0 radical (unpaired) electrons. The molecule has 1 aromatic heterocycles. The Balaban J connectivity index is 1.43.